The van der Waals surface area contributed by atoms with Gasteiger partial charge in [-0.25, -0.2) is 4.79 Å². The zero-order valence-electron chi connectivity index (χ0n) is 15.9. The Kier molecular flexibility index (Phi) is 8.20. The van der Waals surface area contributed by atoms with E-state index in [1.165, 1.54) is 11.8 Å². The minimum absolute atomic E-state index is 0.0699. The van der Waals surface area contributed by atoms with Gasteiger partial charge < -0.3 is 14.8 Å². The standard InChI is InChI=1S/C21H25NO4S/c1-4-25-19-10-8-18(9-11-19)22-20(23)14-27-13-16-6-5-7-17(12-16)21(24)26-15(2)3/h5-12,15H,4,13-14H2,1-3H3,(H,22,23). The Morgan fingerprint density at radius 3 is 2.52 bits per heavy atom. The molecule has 0 aliphatic heterocycles. The largest absolute Gasteiger partial charge is 0.494 e. The summed E-state index contributed by atoms with van der Waals surface area (Å²) >= 11 is 1.49. The lowest BCUT2D eigenvalue weighted by Crippen LogP contribution is -2.14. The number of carbonyl (C=O) groups is 2. The molecule has 27 heavy (non-hydrogen) atoms. The number of thioether (sulfide) groups is 1. The minimum atomic E-state index is -0.329. The molecule has 0 radical (unpaired) electrons. The maximum Gasteiger partial charge on any atom is 0.338 e. The fourth-order valence-electron chi connectivity index (χ4n) is 2.33. The van der Waals surface area contributed by atoms with Crippen molar-refractivity contribution in [2.24, 2.45) is 0 Å². The van der Waals surface area contributed by atoms with Crippen LogP contribution in [0.2, 0.25) is 0 Å². The molecule has 1 amide bonds. The number of esters is 1. The second-order valence-electron chi connectivity index (χ2n) is 6.15. The lowest BCUT2D eigenvalue weighted by Gasteiger charge is -2.09. The topological polar surface area (TPSA) is 64.6 Å². The van der Waals surface area contributed by atoms with Crippen LogP contribution < -0.4 is 10.1 Å². The van der Waals surface area contributed by atoms with Crippen LogP contribution in [0, 0.1) is 0 Å². The molecule has 2 aromatic rings. The van der Waals surface area contributed by atoms with Crippen molar-refractivity contribution < 1.29 is 19.1 Å². The maximum atomic E-state index is 12.1. The van der Waals surface area contributed by atoms with Gasteiger partial charge in [0.2, 0.25) is 5.91 Å². The summed E-state index contributed by atoms with van der Waals surface area (Å²) in [7, 11) is 0. The molecule has 5 nitrogen and oxygen atoms in total. The van der Waals surface area contributed by atoms with Gasteiger partial charge in [0.25, 0.3) is 0 Å². The average molecular weight is 388 g/mol. The van der Waals surface area contributed by atoms with Crippen LogP contribution in [-0.4, -0.2) is 30.3 Å². The third kappa shape index (κ3) is 7.35. The SMILES string of the molecule is CCOc1ccc(NC(=O)CSCc2cccc(C(=O)OC(C)C)c2)cc1. The Labute approximate surface area is 164 Å². The molecule has 0 unspecified atom stereocenters. The second kappa shape index (κ2) is 10.6. The number of nitrogens with one attached hydrogen (secondary N) is 1. The number of ether oxygens (including phenoxy) is 2. The lowest BCUT2D eigenvalue weighted by molar-refractivity contribution is -0.113. The molecule has 1 N–H and O–H groups in total. The average Bonchev–Trinajstić information content (AvgIpc) is 2.63. The van der Waals surface area contributed by atoms with Crippen LogP contribution in [0.15, 0.2) is 48.5 Å². The van der Waals surface area contributed by atoms with Gasteiger partial charge in [-0.3, -0.25) is 4.79 Å². The zero-order valence-corrected chi connectivity index (χ0v) is 16.7. The molecule has 2 aromatic carbocycles. The van der Waals surface area contributed by atoms with Crippen LogP contribution in [0.4, 0.5) is 5.69 Å². The Hall–Kier alpha value is -2.47. The van der Waals surface area contributed by atoms with E-state index in [0.717, 1.165) is 17.0 Å². The van der Waals surface area contributed by atoms with Gasteiger partial charge >= 0.3 is 5.97 Å². The molecule has 0 aliphatic rings. The summed E-state index contributed by atoms with van der Waals surface area (Å²) in [5.41, 5.74) is 2.25. The van der Waals surface area contributed by atoms with E-state index in [2.05, 4.69) is 5.32 Å². The molecule has 0 atom stereocenters. The summed E-state index contributed by atoms with van der Waals surface area (Å²) in [5, 5.41) is 2.86. The van der Waals surface area contributed by atoms with E-state index in [1.54, 1.807) is 6.07 Å². The fraction of sp³-hybridized carbons (Fsp3) is 0.333. The van der Waals surface area contributed by atoms with Crippen LogP contribution in [0.3, 0.4) is 0 Å². The Morgan fingerprint density at radius 1 is 1.11 bits per heavy atom. The van der Waals surface area contributed by atoms with E-state index in [1.807, 2.05) is 63.2 Å². The summed E-state index contributed by atoms with van der Waals surface area (Å²) in [6.07, 6.45) is -0.151. The van der Waals surface area contributed by atoms with E-state index in [0.29, 0.717) is 23.7 Å². The first-order valence-corrected chi connectivity index (χ1v) is 10.0. The first-order valence-electron chi connectivity index (χ1n) is 8.88. The van der Waals surface area contributed by atoms with Crippen LogP contribution in [0.1, 0.15) is 36.7 Å². The van der Waals surface area contributed by atoms with Crippen LogP contribution in [0.5, 0.6) is 5.75 Å². The highest BCUT2D eigenvalue weighted by atomic mass is 32.2. The maximum absolute atomic E-state index is 12.1. The summed E-state index contributed by atoms with van der Waals surface area (Å²) in [6, 6.07) is 14.6. The normalized spacial score (nSPS) is 10.5. The molecule has 0 spiro atoms. The number of amides is 1. The summed E-state index contributed by atoms with van der Waals surface area (Å²) in [6.45, 7) is 6.18. The van der Waals surface area contributed by atoms with Crippen molar-refractivity contribution in [2.75, 3.05) is 17.7 Å². The number of rotatable bonds is 9. The minimum Gasteiger partial charge on any atom is -0.494 e. The third-order valence-electron chi connectivity index (χ3n) is 3.46. The summed E-state index contributed by atoms with van der Waals surface area (Å²) in [4.78, 5) is 24.0. The predicted molar refractivity (Wildman–Crippen MR) is 109 cm³/mol. The van der Waals surface area contributed by atoms with Crippen molar-refractivity contribution in [1.29, 1.82) is 0 Å². The molecular weight excluding hydrogens is 362 g/mol. The van der Waals surface area contributed by atoms with E-state index in [-0.39, 0.29) is 18.0 Å². The predicted octanol–water partition coefficient (Wildman–Crippen LogP) is 4.52. The van der Waals surface area contributed by atoms with Crippen molar-refractivity contribution in [3.05, 3.63) is 59.7 Å². The van der Waals surface area contributed by atoms with E-state index >= 15 is 0 Å². The van der Waals surface area contributed by atoms with Gasteiger partial charge in [-0.05, 0) is 62.7 Å². The first-order chi connectivity index (χ1) is 13.0. The van der Waals surface area contributed by atoms with E-state index in [9.17, 15) is 9.59 Å². The highest BCUT2D eigenvalue weighted by molar-refractivity contribution is 7.99. The first kappa shape index (κ1) is 20.8. The molecule has 2 rings (SSSR count). The van der Waals surface area contributed by atoms with Gasteiger partial charge in [0.15, 0.2) is 0 Å². The molecule has 0 aromatic heterocycles. The molecule has 6 heteroatoms. The molecular formula is C21H25NO4S. The van der Waals surface area contributed by atoms with E-state index in [4.69, 9.17) is 9.47 Å². The Morgan fingerprint density at radius 2 is 1.85 bits per heavy atom. The van der Waals surface area contributed by atoms with Gasteiger partial charge in [0, 0.05) is 11.4 Å². The number of hydrogen-bond donors (Lipinski definition) is 1. The number of hydrogen-bond acceptors (Lipinski definition) is 5. The summed E-state index contributed by atoms with van der Waals surface area (Å²) < 4.78 is 10.6. The molecule has 0 fully saturated rings. The smallest absolute Gasteiger partial charge is 0.338 e. The highest BCUT2D eigenvalue weighted by Gasteiger charge is 2.10. The van der Waals surface area contributed by atoms with Crippen molar-refractivity contribution >= 4 is 29.3 Å². The van der Waals surface area contributed by atoms with Crippen LogP contribution >= 0.6 is 11.8 Å². The van der Waals surface area contributed by atoms with Gasteiger partial charge in [-0.1, -0.05) is 12.1 Å². The van der Waals surface area contributed by atoms with Gasteiger partial charge in [-0.2, -0.15) is 0 Å². The molecule has 144 valence electrons. The van der Waals surface area contributed by atoms with Crippen molar-refractivity contribution in [3.63, 3.8) is 0 Å². The van der Waals surface area contributed by atoms with Crippen molar-refractivity contribution in [2.45, 2.75) is 32.6 Å². The second-order valence-corrected chi connectivity index (χ2v) is 7.14. The third-order valence-corrected chi connectivity index (χ3v) is 4.46. The molecule has 0 heterocycles. The highest BCUT2D eigenvalue weighted by Crippen LogP contribution is 2.18. The number of benzene rings is 2. The van der Waals surface area contributed by atoms with Crippen LogP contribution in [0.25, 0.3) is 0 Å². The van der Waals surface area contributed by atoms with Gasteiger partial charge in [0.05, 0.1) is 24.0 Å². The van der Waals surface area contributed by atoms with Crippen molar-refractivity contribution in [1.82, 2.24) is 0 Å². The van der Waals surface area contributed by atoms with Gasteiger partial charge in [0.1, 0.15) is 5.75 Å². The fourth-order valence-corrected chi connectivity index (χ4v) is 3.10. The Bertz CT molecular complexity index is 759. The molecule has 0 saturated carbocycles. The monoisotopic (exact) mass is 387 g/mol. The van der Waals surface area contributed by atoms with Gasteiger partial charge in [-0.15, -0.1) is 11.8 Å². The molecule has 0 bridgehead atoms. The van der Waals surface area contributed by atoms with Crippen LogP contribution in [-0.2, 0) is 15.3 Å². The van der Waals surface area contributed by atoms with Crippen molar-refractivity contribution in [3.8, 4) is 5.75 Å². The summed E-state index contributed by atoms with van der Waals surface area (Å²) in [5.74, 6) is 1.35. The zero-order chi connectivity index (χ0) is 19.6. The number of carbonyl (C=O) groups excluding carboxylic acids is 2. The molecule has 0 saturated heterocycles. The lowest BCUT2D eigenvalue weighted by atomic mass is 10.1. The molecule has 0 aliphatic carbocycles. The quantitative estimate of drug-likeness (QED) is 0.641. The number of anilines is 1. The van der Waals surface area contributed by atoms with E-state index < -0.39 is 0 Å². The Balaban J connectivity index is 1.80.